The minimum Gasteiger partial charge on any atom is -0.467 e. The first kappa shape index (κ1) is 20.4. The van der Waals surface area contributed by atoms with E-state index in [-0.39, 0.29) is 12.5 Å². The standard InChI is InChI=1S/C17H24N2O6/c1-11(2)14(15(21)18-13(9-20)16(22)24-3)19-17(23)25-10-12-7-5-4-6-8-12/h4-8,11,13-14,20H,9-10H2,1-3H3,(H,18,21)(H,19,23)/t13-,14-/m0/s1. The third-order valence-corrected chi connectivity index (χ3v) is 3.42. The van der Waals surface area contributed by atoms with Crippen LogP contribution in [0.15, 0.2) is 30.3 Å². The van der Waals surface area contributed by atoms with E-state index in [1.165, 1.54) is 0 Å². The average Bonchev–Trinajstić information content (AvgIpc) is 2.62. The van der Waals surface area contributed by atoms with E-state index in [9.17, 15) is 14.4 Å². The van der Waals surface area contributed by atoms with Gasteiger partial charge >= 0.3 is 12.1 Å². The summed E-state index contributed by atoms with van der Waals surface area (Å²) in [6.45, 7) is 2.92. The zero-order valence-corrected chi connectivity index (χ0v) is 14.5. The first-order valence-corrected chi connectivity index (χ1v) is 7.85. The van der Waals surface area contributed by atoms with Gasteiger partial charge in [0, 0.05) is 0 Å². The van der Waals surface area contributed by atoms with Gasteiger partial charge in [-0.15, -0.1) is 0 Å². The number of carbonyl (C=O) groups is 3. The molecule has 0 spiro atoms. The lowest BCUT2D eigenvalue weighted by molar-refractivity contribution is -0.146. The van der Waals surface area contributed by atoms with Crippen LogP contribution < -0.4 is 10.6 Å². The summed E-state index contributed by atoms with van der Waals surface area (Å²) >= 11 is 0. The molecule has 0 aliphatic heterocycles. The zero-order valence-electron chi connectivity index (χ0n) is 14.5. The van der Waals surface area contributed by atoms with Crippen LogP contribution in [0.25, 0.3) is 0 Å². The molecular weight excluding hydrogens is 328 g/mol. The van der Waals surface area contributed by atoms with Crippen LogP contribution >= 0.6 is 0 Å². The Morgan fingerprint density at radius 2 is 1.76 bits per heavy atom. The maximum atomic E-state index is 12.3. The van der Waals surface area contributed by atoms with E-state index in [2.05, 4.69) is 15.4 Å². The van der Waals surface area contributed by atoms with Crippen molar-refractivity contribution in [3.05, 3.63) is 35.9 Å². The second kappa shape index (κ2) is 10.3. The van der Waals surface area contributed by atoms with Crippen molar-refractivity contribution in [2.75, 3.05) is 13.7 Å². The van der Waals surface area contributed by atoms with Gasteiger partial charge in [-0.3, -0.25) is 4.79 Å². The molecule has 25 heavy (non-hydrogen) atoms. The Morgan fingerprint density at radius 3 is 2.28 bits per heavy atom. The molecule has 1 rings (SSSR count). The van der Waals surface area contributed by atoms with Crippen LogP contribution in [0.2, 0.25) is 0 Å². The van der Waals surface area contributed by atoms with Gasteiger partial charge in [-0.05, 0) is 11.5 Å². The molecule has 0 aromatic heterocycles. The molecule has 138 valence electrons. The van der Waals surface area contributed by atoms with Gasteiger partial charge in [-0.25, -0.2) is 9.59 Å². The van der Waals surface area contributed by atoms with Crippen molar-refractivity contribution in [3.63, 3.8) is 0 Å². The molecule has 2 amide bonds. The van der Waals surface area contributed by atoms with Gasteiger partial charge in [0.15, 0.2) is 6.04 Å². The number of amides is 2. The monoisotopic (exact) mass is 352 g/mol. The Labute approximate surface area is 146 Å². The highest BCUT2D eigenvalue weighted by Gasteiger charge is 2.29. The summed E-state index contributed by atoms with van der Waals surface area (Å²) in [5, 5.41) is 14.0. The molecular formula is C17H24N2O6. The molecule has 3 N–H and O–H groups in total. The van der Waals surface area contributed by atoms with E-state index in [1.807, 2.05) is 30.3 Å². The topological polar surface area (TPSA) is 114 Å². The molecule has 0 aliphatic rings. The predicted molar refractivity (Wildman–Crippen MR) is 89.4 cm³/mol. The lowest BCUT2D eigenvalue weighted by Crippen LogP contribution is -2.54. The van der Waals surface area contributed by atoms with Crippen LogP contribution in [0.4, 0.5) is 4.79 Å². The summed E-state index contributed by atoms with van der Waals surface area (Å²) in [6.07, 6.45) is -0.753. The fourth-order valence-corrected chi connectivity index (χ4v) is 2.01. The lowest BCUT2D eigenvalue weighted by atomic mass is 10.0. The Morgan fingerprint density at radius 1 is 1.12 bits per heavy atom. The van der Waals surface area contributed by atoms with E-state index in [1.54, 1.807) is 13.8 Å². The van der Waals surface area contributed by atoms with Gasteiger partial charge in [-0.2, -0.15) is 0 Å². The number of alkyl carbamates (subject to hydrolysis) is 1. The quantitative estimate of drug-likeness (QED) is 0.590. The predicted octanol–water partition coefficient (Wildman–Crippen LogP) is 0.587. The fourth-order valence-electron chi connectivity index (χ4n) is 2.01. The summed E-state index contributed by atoms with van der Waals surface area (Å²) in [5.74, 6) is -1.65. The smallest absolute Gasteiger partial charge is 0.408 e. The second-order valence-electron chi connectivity index (χ2n) is 5.69. The highest BCUT2D eigenvalue weighted by molar-refractivity contribution is 5.89. The Balaban J connectivity index is 2.61. The number of methoxy groups -OCH3 is 1. The van der Waals surface area contributed by atoms with Gasteiger partial charge in [0.25, 0.3) is 0 Å². The van der Waals surface area contributed by atoms with Gasteiger partial charge in [0.1, 0.15) is 12.6 Å². The van der Waals surface area contributed by atoms with E-state index < -0.39 is 36.7 Å². The van der Waals surface area contributed by atoms with Crippen LogP contribution in [-0.4, -0.2) is 48.9 Å². The van der Waals surface area contributed by atoms with Crippen LogP contribution in [0.3, 0.4) is 0 Å². The molecule has 0 bridgehead atoms. The van der Waals surface area contributed by atoms with Crippen molar-refractivity contribution < 1.29 is 29.0 Å². The number of hydrogen-bond donors (Lipinski definition) is 3. The van der Waals surface area contributed by atoms with Crippen molar-refractivity contribution >= 4 is 18.0 Å². The number of aliphatic hydroxyl groups excluding tert-OH is 1. The minimum atomic E-state index is -1.19. The highest BCUT2D eigenvalue weighted by atomic mass is 16.5. The summed E-state index contributed by atoms with van der Waals surface area (Å²) in [5.41, 5.74) is 0.814. The number of aliphatic hydroxyl groups is 1. The Hall–Kier alpha value is -2.61. The van der Waals surface area contributed by atoms with Crippen molar-refractivity contribution in [1.82, 2.24) is 10.6 Å². The SMILES string of the molecule is COC(=O)[C@H](CO)NC(=O)[C@@H](NC(=O)OCc1ccccc1)C(C)C. The number of hydrogen-bond acceptors (Lipinski definition) is 6. The molecule has 0 aliphatic carbocycles. The Bertz CT molecular complexity index is 576. The summed E-state index contributed by atoms with van der Waals surface area (Å²) in [4.78, 5) is 35.7. The van der Waals surface area contributed by atoms with Crippen LogP contribution in [-0.2, 0) is 25.7 Å². The normalized spacial score (nSPS) is 12.8. The second-order valence-corrected chi connectivity index (χ2v) is 5.69. The van der Waals surface area contributed by atoms with E-state index in [0.717, 1.165) is 12.7 Å². The molecule has 1 aromatic carbocycles. The molecule has 0 radical (unpaired) electrons. The number of esters is 1. The molecule has 8 heteroatoms. The summed E-state index contributed by atoms with van der Waals surface area (Å²) < 4.78 is 9.58. The first-order chi connectivity index (χ1) is 11.9. The van der Waals surface area contributed by atoms with E-state index >= 15 is 0 Å². The largest absolute Gasteiger partial charge is 0.467 e. The number of rotatable bonds is 8. The summed E-state index contributed by atoms with van der Waals surface area (Å²) in [6, 6.07) is 6.99. The van der Waals surface area contributed by atoms with Crippen molar-refractivity contribution in [2.45, 2.75) is 32.5 Å². The molecule has 2 atom stereocenters. The Kier molecular flexibility index (Phi) is 8.42. The van der Waals surface area contributed by atoms with E-state index in [0.29, 0.717) is 0 Å². The number of carbonyl (C=O) groups excluding carboxylic acids is 3. The highest BCUT2D eigenvalue weighted by Crippen LogP contribution is 2.05. The molecule has 0 saturated carbocycles. The third kappa shape index (κ3) is 6.80. The van der Waals surface area contributed by atoms with Crippen molar-refractivity contribution in [1.29, 1.82) is 0 Å². The van der Waals surface area contributed by atoms with Crippen LogP contribution in [0, 0.1) is 5.92 Å². The number of benzene rings is 1. The van der Waals surface area contributed by atoms with Gasteiger partial charge in [0.2, 0.25) is 5.91 Å². The number of ether oxygens (including phenoxy) is 2. The maximum Gasteiger partial charge on any atom is 0.408 e. The fraction of sp³-hybridized carbons (Fsp3) is 0.471. The number of nitrogens with one attached hydrogen (secondary N) is 2. The van der Waals surface area contributed by atoms with Crippen molar-refractivity contribution in [2.24, 2.45) is 5.92 Å². The zero-order chi connectivity index (χ0) is 18.8. The van der Waals surface area contributed by atoms with Crippen molar-refractivity contribution in [3.8, 4) is 0 Å². The third-order valence-electron chi connectivity index (χ3n) is 3.42. The summed E-state index contributed by atoms with van der Waals surface area (Å²) in [7, 11) is 1.15. The molecule has 1 aromatic rings. The molecule has 0 heterocycles. The lowest BCUT2D eigenvalue weighted by Gasteiger charge is -2.23. The van der Waals surface area contributed by atoms with Crippen LogP contribution in [0.1, 0.15) is 19.4 Å². The maximum absolute atomic E-state index is 12.3. The van der Waals surface area contributed by atoms with Gasteiger partial charge in [-0.1, -0.05) is 44.2 Å². The average molecular weight is 352 g/mol. The molecule has 8 nitrogen and oxygen atoms in total. The van der Waals surface area contributed by atoms with E-state index in [4.69, 9.17) is 9.84 Å². The molecule has 0 saturated heterocycles. The van der Waals surface area contributed by atoms with Gasteiger partial charge in [0.05, 0.1) is 13.7 Å². The minimum absolute atomic E-state index is 0.0700. The molecule has 0 unspecified atom stereocenters. The van der Waals surface area contributed by atoms with Gasteiger partial charge < -0.3 is 25.2 Å². The molecule has 0 fully saturated rings. The first-order valence-electron chi connectivity index (χ1n) is 7.85. The van der Waals surface area contributed by atoms with Crippen LogP contribution in [0.5, 0.6) is 0 Å².